The summed E-state index contributed by atoms with van der Waals surface area (Å²) in [5, 5.41) is 3.44. The number of ketones is 1. The third kappa shape index (κ3) is 7.64. The lowest BCUT2D eigenvalue weighted by molar-refractivity contribution is -0.144. The summed E-state index contributed by atoms with van der Waals surface area (Å²) >= 11 is 0. The lowest BCUT2D eigenvalue weighted by Crippen LogP contribution is -2.41. The fourth-order valence-electron chi connectivity index (χ4n) is 6.44. The number of imidazole rings is 1. The average Bonchev–Trinajstić information content (AvgIpc) is 3.51. The summed E-state index contributed by atoms with van der Waals surface area (Å²) in [6.07, 6.45) is 1.52. The quantitative estimate of drug-likeness (QED) is 0.149. The molecule has 0 radical (unpaired) electrons. The topological polar surface area (TPSA) is 93.3 Å². The first-order valence-corrected chi connectivity index (χ1v) is 15.9. The van der Waals surface area contributed by atoms with Gasteiger partial charge in [0, 0.05) is 36.9 Å². The van der Waals surface area contributed by atoms with Crippen LogP contribution >= 0.6 is 0 Å². The monoisotopic (exact) mass is 637 g/mol. The molecule has 242 valence electrons. The number of carbonyl (C=O) groups is 2. The first-order valence-electron chi connectivity index (χ1n) is 15.9. The maximum absolute atomic E-state index is 14.2. The van der Waals surface area contributed by atoms with Gasteiger partial charge in [0.2, 0.25) is 0 Å². The van der Waals surface area contributed by atoms with Crippen LogP contribution in [-0.2, 0) is 31.9 Å². The smallest absolute Gasteiger partial charge is 0.306 e. The van der Waals surface area contributed by atoms with Crippen LogP contribution in [0, 0.1) is 17.6 Å². The molecule has 47 heavy (non-hydrogen) atoms. The van der Waals surface area contributed by atoms with Crippen LogP contribution in [0.25, 0.3) is 11.0 Å². The first-order chi connectivity index (χ1) is 22.9. The molecule has 1 saturated heterocycles. The molecule has 0 spiro atoms. The van der Waals surface area contributed by atoms with E-state index in [1.807, 2.05) is 84.9 Å². The maximum atomic E-state index is 14.2. The van der Waals surface area contributed by atoms with E-state index in [4.69, 9.17) is 9.47 Å². The molecule has 1 fully saturated rings. The Balaban J connectivity index is 1.13. The summed E-state index contributed by atoms with van der Waals surface area (Å²) in [5.74, 6) is -2.66. The molecule has 0 unspecified atom stereocenters. The van der Waals surface area contributed by atoms with Crippen molar-refractivity contribution in [3.05, 3.63) is 137 Å². The molecule has 6 rings (SSSR count). The molecule has 2 N–H and O–H groups in total. The van der Waals surface area contributed by atoms with Crippen molar-refractivity contribution in [1.82, 2.24) is 15.3 Å². The number of fused-ring (bicyclic) bond motifs is 1. The average molecular weight is 638 g/mol. The van der Waals surface area contributed by atoms with Gasteiger partial charge in [0.05, 0.1) is 43.3 Å². The maximum Gasteiger partial charge on any atom is 0.306 e. The van der Waals surface area contributed by atoms with Crippen LogP contribution in [0.4, 0.5) is 8.78 Å². The van der Waals surface area contributed by atoms with Crippen molar-refractivity contribution in [2.24, 2.45) is 5.92 Å². The van der Waals surface area contributed by atoms with Gasteiger partial charge in [-0.25, -0.2) is 13.8 Å². The summed E-state index contributed by atoms with van der Waals surface area (Å²) in [4.78, 5) is 34.3. The van der Waals surface area contributed by atoms with Crippen LogP contribution < -0.4 is 5.32 Å². The number of carbonyl (C=O) groups excluding carboxylic acids is 2. The minimum Gasteiger partial charge on any atom is -0.469 e. The second kappa shape index (κ2) is 14.8. The number of esters is 1. The Morgan fingerprint density at radius 2 is 1.55 bits per heavy atom. The number of nitrogens with zero attached hydrogens (tertiary/aromatic N) is 1. The third-order valence-electron chi connectivity index (χ3n) is 8.93. The van der Waals surface area contributed by atoms with Gasteiger partial charge in [0.15, 0.2) is 11.6 Å². The Bertz CT molecular complexity index is 1740. The Morgan fingerprint density at radius 3 is 2.19 bits per heavy atom. The number of aromatic amines is 1. The van der Waals surface area contributed by atoms with E-state index < -0.39 is 23.5 Å². The summed E-state index contributed by atoms with van der Waals surface area (Å²) < 4.78 is 38.5. The van der Waals surface area contributed by atoms with Gasteiger partial charge in [0.25, 0.3) is 0 Å². The number of hydrogen-bond acceptors (Lipinski definition) is 6. The van der Waals surface area contributed by atoms with Crippen LogP contribution in [0.3, 0.4) is 0 Å². The Hall–Kier alpha value is -4.73. The van der Waals surface area contributed by atoms with Crippen LogP contribution in [0.5, 0.6) is 0 Å². The van der Waals surface area contributed by atoms with Gasteiger partial charge in [-0.3, -0.25) is 9.59 Å². The van der Waals surface area contributed by atoms with Gasteiger partial charge in [-0.15, -0.1) is 0 Å². The van der Waals surface area contributed by atoms with Gasteiger partial charge in [-0.1, -0.05) is 84.9 Å². The highest BCUT2D eigenvalue weighted by Gasteiger charge is 2.33. The number of morpholine rings is 1. The Labute approximate surface area is 272 Å². The highest BCUT2D eigenvalue weighted by molar-refractivity contribution is 5.88. The molecule has 7 nitrogen and oxygen atoms in total. The standard InChI is InChI=1S/C38H37F2N3O4/c1-46-36(45)19-29(37(25-11-4-2-5-12-25)26-13-6-3-7-14-26)35(44)18-27-15-9-8-10-24(27)16-17-28-22-41-34(23-47-28)38-42-32-20-30(39)31(40)21-33(32)43-38/h2-15,20-21,28-29,34,37,41H,16-19,22-23H2,1H3,(H,42,43)/t28-,29-,34+/m1/s1. The molecular formula is C38H37F2N3O4. The molecule has 5 aromatic rings. The van der Waals surface area contributed by atoms with Gasteiger partial charge >= 0.3 is 5.97 Å². The van der Waals surface area contributed by atoms with E-state index in [1.165, 1.54) is 7.11 Å². The Kier molecular flexibility index (Phi) is 10.1. The molecule has 0 bridgehead atoms. The zero-order chi connectivity index (χ0) is 32.8. The molecule has 1 aromatic heterocycles. The summed E-state index contributed by atoms with van der Waals surface area (Å²) in [7, 11) is 1.35. The number of ether oxygens (including phenoxy) is 2. The van der Waals surface area contributed by atoms with Crippen LogP contribution in [0.15, 0.2) is 97.1 Å². The molecule has 0 aliphatic carbocycles. The molecule has 1 aliphatic heterocycles. The molecular weight excluding hydrogens is 600 g/mol. The Morgan fingerprint density at radius 1 is 0.915 bits per heavy atom. The highest BCUT2D eigenvalue weighted by atomic mass is 19.2. The SMILES string of the molecule is COC(=O)C[C@H](C(=O)Cc1ccccc1CC[C@@H]1CN[C@H](c2nc3cc(F)c(F)cc3[nH]2)CO1)C(c1ccccc1)c1ccccc1. The van der Waals surface area contributed by atoms with Gasteiger partial charge in [-0.05, 0) is 35.1 Å². The number of hydrogen-bond donors (Lipinski definition) is 2. The summed E-state index contributed by atoms with van der Waals surface area (Å²) in [6, 6.07) is 29.5. The lowest BCUT2D eigenvalue weighted by Gasteiger charge is -2.29. The van der Waals surface area contributed by atoms with Crippen molar-refractivity contribution >= 4 is 22.8 Å². The molecule has 0 saturated carbocycles. The molecule has 4 aromatic carbocycles. The second-order valence-corrected chi connectivity index (χ2v) is 12.0. The van der Waals surface area contributed by atoms with E-state index in [9.17, 15) is 18.4 Å². The molecule has 1 aliphatic rings. The second-order valence-electron chi connectivity index (χ2n) is 12.0. The largest absolute Gasteiger partial charge is 0.469 e. The minimum absolute atomic E-state index is 0.0235. The fourth-order valence-corrected chi connectivity index (χ4v) is 6.44. The van der Waals surface area contributed by atoms with Crippen LogP contribution in [0.2, 0.25) is 0 Å². The van der Waals surface area contributed by atoms with E-state index in [-0.39, 0.29) is 36.7 Å². The van der Waals surface area contributed by atoms with Crippen molar-refractivity contribution in [2.45, 2.75) is 43.7 Å². The van der Waals surface area contributed by atoms with Gasteiger partial charge in [-0.2, -0.15) is 0 Å². The van der Waals surface area contributed by atoms with Crippen LogP contribution in [-0.4, -0.2) is 48.1 Å². The minimum atomic E-state index is -0.934. The fraction of sp³-hybridized carbons (Fsp3) is 0.289. The zero-order valence-corrected chi connectivity index (χ0v) is 26.1. The van der Waals surface area contributed by atoms with E-state index in [0.717, 1.165) is 40.8 Å². The van der Waals surface area contributed by atoms with E-state index in [0.29, 0.717) is 36.4 Å². The first kappa shape index (κ1) is 32.2. The predicted molar refractivity (Wildman–Crippen MR) is 175 cm³/mol. The predicted octanol–water partition coefficient (Wildman–Crippen LogP) is 6.63. The number of halogens is 2. The van der Waals surface area contributed by atoms with E-state index >= 15 is 0 Å². The van der Waals surface area contributed by atoms with E-state index in [1.54, 1.807) is 0 Å². The molecule has 2 heterocycles. The molecule has 0 amide bonds. The lowest BCUT2D eigenvalue weighted by atomic mass is 9.75. The normalized spacial score (nSPS) is 17.1. The van der Waals surface area contributed by atoms with Crippen LogP contribution in [0.1, 0.15) is 52.9 Å². The molecule has 9 heteroatoms. The van der Waals surface area contributed by atoms with Crippen molar-refractivity contribution in [3.8, 4) is 0 Å². The number of aryl methyl sites for hydroxylation is 1. The van der Waals surface area contributed by atoms with Gasteiger partial charge < -0.3 is 19.8 Å². The molecule has 3 atom stereocenters. The number of methoxy groups -OCH3 is 1. The number of aromatic nitrogens is 2. The zero-order valence-electron chi connectivity index (χ0n) is 26.1. The summed E-state index contributed by atoms with van der Waals surface area (Å²) in [6.45, 7) is 0.924. The van der Waals surface area contributed by atoms with E-state index in [2.05, 4.69) is 15.3 Å². The third-order valence-corrected chi connectivity index (χ3v) is 8.93. The highest BCUT2D eigenvalue weighted by Crippen LogP contribution is 2.36. The summed E-state index contributed by atoms with van der Waals surface area (Å²) in [5.41, 5.74) is 4.72. The van der Waals surface area contributed by atoms with Crippen molar-refractivity contribution in [2.75, 3.05) is 20.3 Å². The number of benzene rings is 4. The number of rotatable bonds is 12. The number of nitrogens with one attached hydrogen (secondary N) is 2. The van der Waals surface area contributed by atoms with Crippen molar-refractivity contribution < 1.29 is 27.8 Å². The van der Waals surface area contributed by atoms with Crippen molar-refractivity contribution in [3.63, 3.8) is 0 Å². The van der Waals surface area contributed by atoms with Gasteiger partial charge in [0.1, 0.15) is 11.6 Å². The number of H-pyrrole nitrogens is 1. The van der Waals surface area contributed by atoms with Crippen molar-refractivity contribution in [1.29, 1.82) is 0 Å². The number of Topliss-reactive ketones (excluding diaryl/α,β-unsaturated/α-hetero) is 1.